The first kappa shape index (κ1) is 20.2. The normalized spacial score (nSPS) is 35.7. The van der Waals surface area contributed by atoms with Gasteiger partial charge in [0.15, 0.2) is 0 Å². The van der Waals surface area contributed by atoms with Crippen LogP contribution in [0.4, 0.5) is 0 Å². The van der Waals surface area contributed by atoms with E-state index in [1.165, 1.54) is 25.7 Å². The Bertz CT molecular complexity index is 287. The molecule has 0 unspecified atom stereocenters. The van der Waals surface area contributed by atoms with Crippen LogP contribution in [0.5, 0.6) is 0 Å². The molecule has 6 atom stereocenters. The summed E-state index contributed by atoms with van der Waals surface area (Å²) >= 11 is 0. The minimum atomic E-state index is 0.293. The first-order valence-electron chi connectivity index (χ1n) is 10.6. The van der Waals surface area contributed by atoms with E-state index in [9.17, 15) is 0 Å². The molecule has 136 valence electrons. The summed E-state index contributed by atoms with van der Waals surface area (Å²) in [5.74, 6) is 0. The van der Waals surface area contributed by atoms with Crippen molar-refractivity contribution in [2.24, 2.45) is 0 Å². The summed E-state index contributed by atoms with van der Waals surface area (Å²) in [7, 11) is 0.586. The molecule has 0 aromatic rings. The molecule has 2 rings (SSSR count). The van der Waals surface area contributed by atoms with Gasteiger partial charge in [0.25, 0.3) is 0 Å². The van der Waals surface area contributed by atoms with Gasteiger partial charge in [-0.1, -0.05) is 57.4 Å². The monoisotopic (exact) mass is 356 g/mol. The summed E-state index contributed by atoms with van der Waals surface area (Å²) in [5, 5.41) is 0. The number of hydrogen-bond donors (Lipinski definition) is 0. The molecule has 2 fully saturated rings. The lowest BCUT2D eigenvalue weighted by Crippen LogP contribution is -2.21. The quantitative estimate of drug-likeness (QED) is 0.389. The highest BCUT2D eigenvalue weighted by Crippen LogP contribution is 2.66. The topological polar surface area (TPSA) is 0 Å². The van der Waals surface area contributed by atoms with E-state index in [-0.39, 0.29) is 0 Å². The highest BCUT2D eigenvalue weighted by molar-refractivity contribution is 7.61. The van der Waals surface area contributed by atoms with E-state index >= 15 is 0 Å². The molecule has 0 amide bonds. The van der Waals surface area contributed by atoms with Gasteiger partial charge >= 0.3 is 0 Å². The highest BCUT2D eigenvalue weighted by Gasteiger charge is 2.40. The van der Waals surface area contributed by atoms with E-state index in [0.29, 0.717) is 15.8 Å². The van der Waals surface area contributed by atoms with Gasteiger partial charge in [-0.3, -0.25) is 0 Å². The molecule has 2 heterocycles. The summed E-state index contributed by atoms with van der Waals surface area (Å²) in [4.78, 5) is 0. The van der Waals surface area contributed by atoms with Crippen molar-refractivity contribution in [2.45, 2.75) is 133 Å². The van der Waals surface area contributed by atoms with E-state index in [4.69, 9.17) is 0 Å². The van der Waals surface area contributed by atoms with Crippen molar-refractivity contribution in [1.29, 1.82) is 0 Å². The molecule has 2 saturated heterocycles. The molecule has 0 aromatic carbocycles. The summed E-state index contributed by atoms with van der Waals surface area (Å²) < 4.78 is 0. The second-order valence-electron chi connectivity index (χ2n) is 8.23. The van der Waals surface area contributed by atoms with Gasteiger partial charge in [0.2, 0.25) is 0 Å². The van der Waals surface area contributed by atoms with Crippen molar-refractivity contribution in [1.82, 2.24) is 0 Å². The van der Waals surface area contributed by atoms with Crippen LogP contribution in [0.3, 0.4) is 0 Å². The second kappa shape index (κ2) is 9.53. The van der Waals surface area contributed by atoms with Crippen LogP contribution in [0.1, 0.15) is 99.3 Å². The predicted octanol–water partition coefficient (Wildman–Crippen LogP) is 7.82. The van der Waals surface area contributed by atoms with E-state index in [1.54, 1.807) is 32.1 Å². The maximum Gasteiger partial charge on any atom is -0.0207 e. The molecular weight excluding hydrogens is 314 g/mol. The summed E-state index contributed by atoms with van der Waals surface area (Å²) in [6.07, 6.45) is 13.5. The van der Waals surface area contributed by atoms with Gasteiger partial charge in [-0.15, -0.1) is 0 Å². The van der Waals surface area contributed by atoms with Gasteiger partial charge in [0.1, 0.15) is 0 Å². The highest BCUT2D eigenvalue weighted by atomic mass is 31.1. The molecule has 0 N–H and O–H groups in total. The van der Waals surface area contributed by atoms with Gasteiger partial charge in [0.05, 0.1) is 0 Å². The molecule has 2 heteroatoms. The van der Waals surface area contributed by atoms with E-state index in [2.05, 4.69) is 41.5 Å². The molecule has 0 nitrogen and oxygen atoms in total. The summed E-state index contributed by atoms with van der Waals surface area (Å²) in [5.41, 5.74) is 6.43. The average molecular weight is 357 g/mol. The molecular formula is C21H42P2. The minimum Gasteiger partial charge on any atom is -0.0974 e. The third-order valence-corrected chi connectivity index (χ3v) is 15.3. The molecule has 2 aliphatic rings. The zero-order chi connectivity index (χ0) is 17.0. The lowest BCUT2D eigenvalue weighted by Gasteiger charge is -2.37. The van der Waals surface area contributed by atoms with Crippen LogP contribution in [-0.4, -0.2) is 34.0 Å². The molecule has 0 aromatic heterocycles. The van der Waals surface area contributed by atoms with Crippen LogP contribution in [0, 0.1) is 0 Å². The maximum atomic E-state index is 2.64. The van der Waals surface area contributed by atoms with Crippen molar-refractivity contribution in [3.05, 3.63) is 0 Å². The SMILES string of the molecule is CC[C@@H]1CC[C@@H](CC)P1[C@@H](C)C[C@H](C)P1[C@H](CC)CC[C@H]1CC. The van der Waals surface area contributed by atoms with E-state index < -0.39 is 0 Å². The van der Waals surface area contributed by atoms with Crippen molar-refractivity contribution >= 4 is 15.8 Å². The zero-order valence-corrected chi connectivity index (χ0v) is 18.5. The summed E-state index contributed by atoms with van der Waals surface area (Å²) in [6, 6.07) is 0. The molecule has 0 spiro atoms. The lowest BCUT2D eigenvalue weighted by atomic mass is 10.1. The Morgan fingerprint density at radius 1 is 0.609 bits per heavy atom. The van der Waals surface area contributed by atoms with Crippen molar-refractivity contribution in [2.75, 3.05) is 0 Å². The van der Waals surface area contributed by atoms with E-state index in [1.807, 2.05) is 0 Å². The average Bonchev–Trinajstić information content (AvgIpc) is 3.17. The molecule has 2 aliphatic heterocycles. The second-order valence-corrected chi connectivity index (χ2v) is 14.7. The molecule has 0 saturated carbocycles. The maximum absolute atomic E-state index is 2.64. The first-order valence-corrected chi connectivity index (χ1v) is 13.7. The molecule has 0 radical (unpaired) electrons. The molecule has 0 bridgehead atoms. The van der Waals surface area contributed by atoms with Gasteiger partial charge in [-0.05, 0) is 91.7 Å². The number of rotatable bonds is 8. The summed E-state index contributed by atoms with van der Waals surface area (Å²) in [6.45, 7) is 15.1. The largest absolute Gasteiger partial charge is 0.0974 e. The Kier molecular flexibility index (Phi) is 8.36. The van der Waals surface area contributed by atoms with Gasteiger partial charge < -0.3 is 0 Å². The van der Waals surface area contributed by atoms with Crippen molar-refractivity contribution in [3.8, 4) is 0 Å². The Morgan fingerprint density at radius 3 is 1.09 bits per heavy atom. The van der Waals surface area contributed by atoms with Crippen LogP contribution >= 0.6 is 15.8 Å². The Hall–Kier alpha value is 0.860. The van der Waals surface area contributed by atoms with Crippen LogP contribution < -0.4 is 0 Å². The van der Waals surface area contributed by atoms with Gasteiger partial charge in [-0.25, -0.2) is 0 Å². The molecule has 23 heavy (non-hydrogen) atoms. The van der Waals surface area contributed by atoms with E-state index in [0.717, 1.165) is 34.0 Å². The predicted molar refractivity (Wildman–Crippen MR) is 112 cm³/mol. The smallest absolute Gasteiger partial charge is 0.0207 e. The van der Waals surface area contributed by atoms with Crippen molar-refractivity contribution in [3.63, 3.8) is 0 Å². The fraction of sp³-hybridized carbons (Fsp3) is 1.00. The van der Waals surface area contributed by atoms with Crippen LogP contribution in [0.15, 0.2) is 0 Å². The Labute approximate surface area is 149 Å². The lowest BCUT2D eigenvalue weighted by molar-refractivity contribution is 0.696. The Balaban J connectivity index is 2.01. The van der Waals surface area contributed by atoms with Crippen LogP contribution in [0.25, 0.3) is 0 Å². The number of hydrogen-bond acceptors (Lipinski definition) is 0. The standard InChI is InChI=1S/C21H42P2/c1-7-18-11-12-19(8-2)22(18)16(5)15-17(6)23-20(9-3)13-14-21(23)10-4/h16-21H,7-15H2,1-6H3/t16-,17-,18+,19+,20+,21+/m0/s1. The fourth-order valence-corrected chi connectivity index (χ4v) is 14.6. The third-order valence-electron chi connectivity index (χ3n) is 6.94. The fourth-order valence-electron chi connectivity index (χ4n) is 5.80. The van der Waals surface area contributed by atoms with Gasteiger partial charge in [-0.2, -0.15) is 0 Å². The van der Waals surface area contributed by atoms with Crippen molar-refractivity contribution < 1.29 is 0 Å². The third kappa shape index (κ3) is 4.53. The van der Waals surface area contributed by atoms with Crippen LogP contribution in [-0.2, 0) is 0 Å². The molecule has 0 aliphatic carbocycles. The zero-order valence-electron chi connectivity index (χ0n) is 16.7. The van der Waals surface area contributed by atoms with Crippen LogP contribution in [0.2, 0.25) is 0 Å². The first-order chi connectivity index (χ1) is 11.1. The minimum absolute atomic E-state index is 0.293. The Morgan fingerprint density at radius 2 is 0.870 bits per heavy atom. The van der Waals surface area contributed by atoms with Gasteiger partial charge in [0, 0.05) is 0 Å².